The van der Waals surface area contributed by atoms with E-state index in [0.29, 0.717) is 17.8 Å². The van der Waals surface area contributed by atoms with Crippen LogP contribution in [-0.2, 0) is 4.74 Å². The second-order valence-corrected chi connectivity index (χ2v) is 10.0. The van der Waals surface area contributed by atoms with Gasteiger partial charge in [-0.25, -0.2) is 0 Å². The lowest BCUT2D eigenvalue weighted by Crippen LogP contribution is -2.69. The van der Waals surface area contributed by atoms with Gasteiger partial charge in [-0.2, -0.15) is 0 Å². The lowest BCUT2D eigenvalue weighted by Gasteiger charge is -2.66. The van der Waals surface area contributed by atoms with Crippen molar-refractivity contribution < 1.29 is 20.1 Å². The molecule has 3 rings (SSSR count). The van der Waals surface area contributed by atoms with Gasteiger partial charge in [-0.15, -0.1) is 0 Å². The Hall–Kier alpha value is -0.160. The number of hydrogen-bond donors (Lipinski definition) is 3. The van der Waals surface area contributed by atoms with Gasteiger partial charge in [-0.1, -0.05) is 27.2 Å². The Kier molecular flexibility index (Phi) is 4.40. The molecule has 7 unspecified atom stereocenters. The largest absolute Gasteiger partial charge is 0.394 e. The van der Waals surface area contributed by atoms with E-state index in [1.54, 1.807) is 6.92 Å². The van der Waals surface area contributed by atoms with Crippen molar-refractivity contribution in [3.8, 4) is 0 Å². The molecule has 0 bridgehead atoms. The molecule has 0 amide bonds. The lowest BCUT2D eigenvalue weighted by molar-refractivity contribution is -0.318. The van der Waals surface area contributed by atoms with Crippen LogP contribution in [0.25, 0.3) is 0 Å². The van der Waals surface area contributed by atoms with Crippen molar-refractivity contribution in [1.29, 1.82) is 0 Å². The maximum absolute atomic E-state index is 10.8. The summed E-state index contributed by atoms with van der Waals surface area (Å²) in [6, 6.07) is 0. The van der Waals surface area contributed by atoms with Crippen molar-refractivity contribution in [1.82, 2.24) is 0 Å². The first-order valence-corrected chi connectivity index (χ1v) is 9.67. The minimum atomic E-state index is -1.09. The maximum Gasteiger partial charge on any atom is 0.120 e. The molecule has 3 aliphatic rings. The van der Waals surface area contributed by atoms with E-state index in [9.17, 15) is 15.3 Å². The van der Waals surface area contributed by atoms with Crippen molar-refractivity contribution in [2.75, 3.05) is 6.61 Å². The fourth-order valence-electron chi connectivity index (χ4n) is 6.75. The third kappa shape index (κ3) is 2.48. The van der Waals surface area contributed by atoms with Crippen LogP contribution < -0.4 is 0 Å². The van der Waals surface area contributed by atoms with Gasteiger partial charge in [0.15, 0.2) is 0 Å². The Labute approximate surface area is 146 Å². The lowest BCUT2D eigenvalue weighted by atomic mass is 9.44. The zero-order chi connectivity index (χ0) is 18.0. The summed E-state index contributed by atoms with van der Waals surface area (Å²) < 4.78 is 6.45. The molecule has 24 heavy (non-hydrogen) atoms. The number of hydrogen-bond acceptors (Lipinski definition) is 4. The van der Waals surface area contributed by atoms with E-state index < -0.39 is 17.8 Å². The van der Waals surface area contributed by atoms with E-state index in [1.165, 1.54) is 19.3 Å². The third-order valence-corrected chi connectivity index (χ3v) is 8.15. The van der Waals surface area contributed by atoms with E-state index >= 15 is 0 Å². The van der Waals surface area contributed by atoms with Crippen LogP contribution in [0.15, 0.2) is 0 Å². The number of rotatable bonds is 2. The highest BCUT2D eigenvalue weighted by Gasteiger charge is 2.64. The van der Waals surface area contributed by atoms with Gasteiger partial charge in [-0.05, 0) is 68.6 Å². The Morgan fingerprint density at radius 1 is 1.04 bits per heavy atom. The van der Waals surface area contributed by atoms with Gasteiger partial charge in [0.05, 0.1) is 18.3 Å². The molecule has 140 valence electrons. The molecule has 1 aliphatic heterocycles. The monoisotopic (exact) mass is 340 g/mol. The predicted octanol–water partition coefficient (Wildman–Crippen LogP) is 2.88. The molecule has 1 heterocycles. The topological polar surface area (TPSA) is 69.9 Å². The fourth-order valence-corrected chi connectivity index (χ4v) is 6.75. The van der Waals surface area contributed by atoms with Gasteiger partial charge in [0.2, 0.25) is 0 Å². The smallest absolute Gasteiger partial charge is 0.120 e. The number of ether oxygens (including phenoxy) is 1. The number of aliphatic hydroxyl groups is 3. The Bertz CT molecular complexity index is 492. The summed E-state index contributed by atoms with van der Waals surface area (Å²) in [5.41, 5.74) is -0.929. The van der Waals surface area contributed by atoms with E-state index in [1.807, 2.05) is 0 Å². The first-order chi connectivity index (χ1) is 11.0. The molecule has 0 aromatic rings. The van der Waals surface area contributed by atoms with Gasteiger partial charge in [0.1, 0.15) is 11.7 Å². The summed E-state index contributed by atoms with van der Waals surface area (Å²) in [4.78, 5) is 0. The average molecular weight is 341 g/mol. The second kappa shape index (κ2) is 5.67. The molecule has 7 atom stereocenters. The molecular formula is C20H36O4. The summed E-state index contributed by atoms with van der Waals surface area (Å²) in [6.45, 7) is 10.7. The second-order valence-electron chi connectivity index (χ2n) is 10.0. The molecule has 3 fully saturated rings. The predicted molar refractivity (Wildman–Crippen MR) is 93.6 cm³/mol. The molecule has 2 aliphatic carbocycles. The van der Waals surface area contributed by atoms with Gasteiger partial charge < -0.3 is 20.1 Å². The molecule has 1 saturated heterocycles. The molecule has 0 aromatic heterocycles. The van der Waals surface area contributed by atoms with Gasteiger partial charge in [-0.3, -0.25) is 0 Å². The summed E-state index contributed by atoms with van der Waals surface area (Å²) in [6.07, 6.45) is 4.64. The van der Waals surface area contributed by atoms with Crippen molar-refractivity contribution in [3.63, 3.8) is 0 Å². The van der Waals surface area contributed by atoms with Gasteiger partial charge >= 0.3 is 0 Å². The van der Waals surface area contributed by atoms with Crippen LogP contribution in [0.3, 0.4) is 0 Å². The van der Waals surface area contributed by atoms with Crippen LogP contribution in [0, 0.1) is 22.7 Å². The first-order valence-electron chi connectivity index (χ1n) is 9.67. The normalized spacial score (nSPS) is 52.2. The fraction of sp³-hybridized carbons (Fsp3) is 1.00. The molecular weight excluding hydrogens is 304 g/mol. The molecule has 2 saturated carbocycles. The zero-order valence-corrected chi connectivity index (χ0v) is 16.0. The van der Waals surface area contributed by atoms with Crippen LogP contribution in [-0.4, -0.2) is 45.3 Å². The molecule has 0 radical (unpaired) electrons. The maximum atomic E-state index is 10.8. The van der Waals surface area contributed by atoms with E-state index in [2.05, 4.69) is 27.7 Å². The SMILES string of the molecule is CC1(C)CCCC2(C)C1CCC1(C)OC(C)(C(O)CO)C(O)CC12. The third-order valence-electron chi connectivity index (χ3n) is 8.15. The number of aliphatic hydroxyl groups excluding tert-OH is 3. The average Bonchev–Trinajstić information content (AvgIpc) is 2.48. The summed E-state index contributed by atoms with van der Waals surface area (Å²) in [5, 5.41) is 30.5. The highest BCUT2D eigenvalue weighted by molar-refractivity contribution is 5.13. The Morgan fingerprint density at radius 3 is 2.33 bits per heavy atom. The minimum absolute atomic E-state index is 0.168. The van der Waals surface area contributed by atoms with Crippen molar-refractivity contribution in [3.05, 3.63) is 0 Å². The van der Waals surface area contributed by atoms with Gasteiger partial charge in [0, 0.05) is 0 Å². The highest BCUT2D eigenvalue weighted by atomic mass is 16.6. The molecule has 4 heteroatoms. The Balaban J connectivity index is 1.95. The zero-order valence-electron chi connectivity index (χ0n) is 16.0. The van der Waals surface area contributed by atoms with Crippen LogP contribution >= 0.6 is 0 Å². The Morgan fingerprint density at radius 2 is 1.71 bits per heavy atom. The van der Waals surface area contributed by atoms with Gasteiger partial charge in [0.25, 0.3) is 0 Å². The van der Waals surface area contributed by atoms with E-state index in [4.69, 9.17) is 4.74 Å². The quantitative estimate of drug-likeness (QED) is 0.723. The molecule has 4 nitrogen and oxygen atoms in total. The van der Waals surface area contributed by atoms with Crippen LogP contribution in [0.5, 0.6) is 0 Å². The van der Waals surface area contributed by atoms with E-state index in [0.717, 1.165) is 12.8 Å². The van der Waals surface area contributed by atoms with Crippen molar-refractivity contribution in [2.45, 2.75) is 96.6 Å². The molecule has 3 N–H and O–H groups in total. The summed E-state index contributed by atoms with van der Waals surface area (Å²) >= 11 is 0. The van der Waals surface area contributed by atoms with Crippen molar-refractivity contribution in [2.24, 2.45) is 22.7 Å². The van der Waals surface area contributed by atoms with E-state index in [-0.39, 0.29) is 23.5 Å². The molecule has 0 aromatic carbocycles. The minimum Gasteiger partial charge on any atom is -0.394 e. The van der Waals surface area contributed by atoms with Crippen LogP contribution in [0.2, 0.25) is 0 Å². The van der Waals surface area contributed by atoms with Crippen LogP contribution in [0.1, 0.15) is 73.1 Å². The number of fused-ring (bicyclic) bond motifs is 3. The van der Waals surface area contributed by atoms with Crippen molar-refractivity contribution >= 4 is 0 Å². The summed E-state index contributed by atoms with van der Waals surface area (Å²) in [7, 11) is 0. The van der Waals surface area contributed by atoms with Crippen LogP contribution in [0.4, 0.5) is 0 Å². The highest BCUT2D eigenvalue weighted by Crippen LogP contribution is 2.65. The first kappa shape index (κ1) is 18.6. The standard InChI is InChI=1S/C20H36O4/c1-17(2)8-6-9-18(3)13(17)7-10-19(4)14(18)11-15(22)20(5,24-19)16(23)12-21/h13-16,21-23H,6-12H2,1-5H3. The molecule has 0 spiro atoms. The summed E-state index contributed by atoms with van der Waals surface area (Å²) in [5.74, 6) is 0.942.